The van der Waals surface area contributed by atoms with Gasteiger partial charge in [-0.3, -0.25) is 0 Å². The van der Waals surface area contributed by atoms with Crippen LogP contribution in [0.3, 0.4) is 0 Å². The number of rotatable bonds is 9. The molecule has 0 aliphatic heterocycles. The first-order valence-electron chi connectivity index (χ1n) is 6.09. The molecule has 102 valence electrons. The zero-order chi connectivity index (χ0) is 13.6. The van der Waals surface area contributed by atoms with Crippen LogP contribution in [0.2, 0.25) is 6.04 Å². The van der Waals surface area contributed by atoms with Crippen molar-refractivity contribution < 1.29 is 13.3 Å². The van der Waals surface area contributed by atoms with Gasteiger partial charge < -0.3 is 19.0 Å². The Balaban J connectivity index is 0. The fourth-order valence-corrected chi connectivity index (χ4v) is 3.96. The van der Waals surface area contributed by atoms with Gasteiger partial charge in [0.05, 0.1) is 6.07 Å². The molecule has 0 aliphatic carbocycles. The molecule has 2 N–H and O–H groups in total. The van der Waals surface area contributed by atoms with E-state index in [0.29, 0.717) is 26.4 Å². The quantitative estimate of drug-likeness (QED) is 0.642. The van der Waals surface area contributed by atoms with Crippen molar-refractivity contribution in [1.82, 2.24) is 0 Å². The molecule has 5 nitrogen and oxygen atoms in total. The van der Waals surface area contributed by atoms with E-state index in [0.717, 1.165) is 12.5 Å². The highest BCUT2D eigenvalue weighted by atomic mass is 28.4. The fourth-order valence-electron chi connectivity index (χ4n) is 1.32. The summed E-state index contributed by atoms with van der Waals surface area (Å²) in [5.41, 5.74) is 5.48. The van der Waals surface area contributed by atoms with E-state index in [1.165, 1.54) is 6.92 Å². The van der Waals surface area contributed by atoms with Gasteiger partial charge in [0.25, 0.3) is 0 Å². The third-order valence-electron chi connectivity index (χ3n) is 1.78. The van der Waals surface area contributed by atoms with E-state index in [2.05, 4.69) is 0 Å². The Morgan fingerprint density at radius 2 is 1.41 bits per heavy atom. The van der Waals surface area contributed by atoms with Crippen molar-refractivity contribution in [3.8, 4) is 6.07 Å². The number of nitrogens with two attached hydrogens (primary N) is 1. The molecule has 0 saturated heterocycles. The van der Waals surface area contributed by atoms with Gasteiger partial charge in [-0.2, -0.15) is 5.26 Å². The number of nitriles is 1. The molecule has 0 rings (SSSR count). The van der Waals surface area contributed by atoms with Gasteiger partial charge in [0.2, 0.25) is 0 Å². The molecular formula is C11H26N2O3Si. The molecule has 17 heavy (non-hydrogen) atoms. The highest BCUT2D eigenvalue weighted by molar-refractivity contribution is 6.60. The number of nitrogens with zero attached hydrogens (tertiary/aromatic N) is 1. The highest BCUT2D eigenvalue weighted by Crippen LogP contribution is 2.17. The van der Waals surface area contributed by atoms with Gasteiger partial charge >= 0.3 is 8.80 Å². The van der Waals surface area contributed by atoms with E-state index in [1.807, 2.05) is 20.8 Å². The molecule has 0 amide bonds. The third-order valence-corrected chi connectivity index (χ3v) is 4.93. The van der Waals surface area contributed by atoms with Gasteiger partial charge in [0.1, 0.15) is 0 Å². The highest BCUT2D eigenvalue weighted by Gasteiger charge is 2.39. The second kappa shape index (κ2) is 13.6. The summed E-state index contributed by atoms with van der Waals surface area (Å²) < 4.78 is 17.0. The van der Waals surface area contributed by atoms with E-state index in [4.69, 9.17) is 24.3 Å². The molecule has 0 aromatic heterocycles. The van der Waals surface area contributed by atoms with Crippen LogP contribution < -0.4 is 5.73 Å². The molecule has 0 unspecified atom stereocenters. The second-order valence-electron chi connectivity index (χ2n) is 3.10. The Hall–Kier alpha value is -0.453. The maximum absolute atomic E-state index is 7.32. The van der Waals surface area contributed by atoms with Crippen LogP contribution in [-0.4, -0.2) is 35.2 Å². The summed E-state index contributed by atoms with van der Waals surface area (Å²) in [5, 5.41) is 7.32. The molecule has 0 spiro atoms. The van der Waals surface area contributed by atoms with Gasteiger partial charge in [-0.15, -0.1) is 0 Å². The fraction of sp³-hybridized carbons (Fsp3) is 0.909. The lowest BCUT2D eigenvalue weighted by Gasteiger charge is -2.28. The molecule has 0 saturated carbocycles. The van der Waals surface area contributed by atoms with Crippen LogP contribution in [0.25, 0.3) is 0 Å². The number of hydrogen-bond donors (Lipinski definition) is 1. The summed E-state index contributed by atoms with van der Waals surface area (Å²) in [5.74, 6) is 0. The van der Waals surface area contributed by atoms with E-state index in [-0.39, 0.29) is 0 Å². The van der Waals surface area contributed by atoms with Gasteiger partial charge in [0.15, 0.2) is 0 Å². The van der Waals surface area contributed by atoms with Crippen molar-refractivity contribution in [1.29, 1.82) is 5.26 Å². The van der Waals surface area contributed by atoms with Gasteiger partial charge in [-0.05, 0) is 33.7 Å². The Labute approximate surface area is 106 Å². The topological polar surface area (TPSA) is 77.5 Å². The maximum Gasteiger partial charge on any atom is 0.500 e. The van der Waals surface area contributed by atoms with Crippen LogP contribution in [0.4, 0.5) is 0 Å². The van der Waals surface area contributed by atoms with Crippen molar-refractivity contribution in [3.63, 3.8) is 0 Å². The second-order valence-corrected chi connectivity index (χ2v) is 5.83. The van der Waals surface area contributed by atoms with Crippen molar-refractivity contribution >= 4 is 8.80 Å². The first kappa shape index (κ1) is 18.9. The van der Waals surface area contributed by atoms with Crippen LogP contribution in [0.5, 0.6) is 0 Å². The summed E-state index contributed by atoms with van der Waals surface area (Å²) in [6.45, 7) is 9.87. The Morgan fingerprint density at radius 1 is 1.06 bits per heavy atom. The molecular weight excluding hydrogens is 236 g/mol. The van der Waals surface area contributed by atoms with Crippen molar-refractivity contribution in [2.45, 2.75) is 40.2 Å². The lowest BCUT2D eigenvalue weighted by atomic mass is 10.5. The summed E-state index contributed by atoms with van der Waals surface area (Å²) in [6, 6.07) is 2.57. The molecule has 0 aromatic carbocycles. The standard InChI is InChI=1S/C9H23NO3Si.C2H3N/c1-4-11-14(12-5-2,13-6-3)9-7-8-10;1-2-3/h4-10H2,1-3H3;1H3. The SMILES string of the molecule is CC#N.CCO[Si](CCCN)(OCC)OCC. The predicted octanol–water partition coefficient (Wildman–Crippen LogP) is 1.91. The molecule has 0 radical (unpaired) electrons. The average Bonchev–Trinajstić information content (AvgIpc) is 2.29. The van der Waals surface area contributed by atoms with Gasteiger partial charge in [0, 0.05) is 32.8 Å². The van der Waals surface area contributed by atoms with Crippen molar-refractivity contribution in [2.75, 3.05) is 26.4 Å². The minimum Gasteiger partial charge on any atom is -0.374 e. The van der Waals surface area contributed by atoms with Crippen LogP contribution in [-0.2, 0) is 13.3 Å². The van der Waals surface area contributed by atoms with Crippen molar-refractivity contribution in [3.05, 3.63) is 0 Å². The molecule has 0 bridgehead atoms. The lowest BCUT2D eigenvalue weighted by Crippen LogP contribution is -2.46. The lowest BCUT2D eigenvalue weighted by molar-refractivity contribution is 0.0710. The summed E-state index contributed by atoms with van der Waals surface area (Å²) in [6.07, 6.45) is 0.895. The molecule has 0 aliphatic rings. The average molecular weight is 262 g/mol. The molecule has 0 atom stereocenters. The van der Waals surface area contributed by atoms with E-state index in [9.17, 15) is 0 Å². The summed E-state index contributed by atoms with van der Waals surface area (Å²) >= 11 is 0. The smallest absolute Gasteiger partial charge is 0.374 e. The predicted molar refractivity (Wildman–Crippen MR) is 70.4 cm³/mol. The van der Waals surface area contributed by atoms with Crippen LogP contribution in [0.1, 0.15) is 34.1 Å². The molecule has 0 fully saturated rings. The largest absolute Gasteiger partial charge is 0.500 e. The van der Waals surface area contributed by atoms with E-state index in [1.54, 1.807) is 6.07 Å². The Bertz CT molecular complexity index is 181. The minimum absolute atomic E-state index is 0.636. The molecule has 6 heteroatoms. The minimum atomic E-state index is -2.40. The molecule has 0 heterocycles. The monoisotopic (exact) mass is 262 g/mol. The summed E-state index contributed by atoms with van der Waals surface area (Å²) in [4.78, 5) is 0. The van der Waals surface area contributed by atoms with E-state index >= 15 is 0 Å². The van der Waals surface area contributed by atoms with Crippen LogP contribution in [0, 0.1) is 11.3 Å². The van der Waals surface area contributed by atoms with E-state index < -0.39 is 8.80 Å². The first-order chi connectivity index (χ1) is 8.16. The van der Waals surface area contributed by atoms with Gasteiger partial charge in [-0.1, -0.05) is 0 Å². The normalized spacial score (nSPS) is 10.4. The van der Waals surface area contributed by atoms with Gasteiger partial charge in [-0.25, -0.2) is 0 Å². The first-order valence-corrected chi connectivity index (χ1v) is 8.02. The van der Waals surface area contributed by atoms with Crippen LogP contribution in [0.15, 0.2) is 0 Å². The summed E-state index contributed by atoms with van der Waals surface area (Å²) in [7, 11) is -2.40. The molecule has 0 aromatic rings. The maximum atomic E-state index is 7.32. The third kappa shape index (κ3) is 10.4. The number of hydrogen-bond acceptors (Lipinski definition) is 5. The zero-order valence-electron chi connectivity index (χ0n) is 11.5. The Morgan fingerprint density at radius 3 is 1.65 bits per heavy atom. The van der Waals surface area contributed by atoms with Crippen molar-refractivity contribution in [2.24, 2.45) is 5.73 Å². The van der Waals surface area contributed by atoms with Crippen LogP contribution >= 0.6 is 0 Å². The zero-order valence-corrected chi connectivity index (χ0v) is 12.5. The Kier molecular flexibility index (Phi) is 15.1.